The minimum Gasteiger partial charge on any atom is -0.492 e. The molecule has 3 aromatic rings. The molecule has 0 atom stereocenters. The molecule has 1 fully saturated rings. The van der Waals surface area contributed by atoms with Gasteiger partial charge in [-0.3, -0.25) is 4.40 Å². The van der Waals surface area contributed by atoms with Crippen LogP contribution in [0.2, 0.25) is 0 Å². The van der Waals surface area contributed by atoms with Crippen molar-refractivity contribution in [3.05, 3.63) is 30.6 Å². The molecule has 1 saturated carbocycles. The summed E-state index contributed by atoms with van der Waals surface area (Å²) in [6.07, 6.45) is 8.58. The summed E-state index contributed by atoms with van der Waals surface area (Å²) in [4.78, 5) is 4.31. The summed E-state index contributed by atoms with van der Waals surface area (Å²) >= 11 is 0. The molecular weight excluding hydrogens is 342 g/mol. The normalized spacial score (nSPS) is 19.9. The van der Waals surface area contributed by atoms with E-state index in [4.69, 9.17) is 15.2 Å². The van der Waals surface area contributed by atoms with Crippen LogP contribution in [0.4, 0.5) is 5.95 Å². The van der Waals surface area contributed by atoms with Gasteiger partial charge in [-0.2, -0.15) is 0 Å². The second-order valence-electron chi connectivity index (χ2n) is 7.33. The highest BCUT2D eigenvalue weighted by Gasteiger charge is 2.21. The van der Waals surface area contributed by atoms with Crippen LogP contribution in [0.1, 0.15) is 32.6 Å². The molecule has 0 unspecified atom stereocenters. The third-order valence-corrected chi connectivity index (χ3v) is 5.40. The highest BCUT2D eigenvalue weighted by molar-refractivity contribution is 5.76. The van der Waals surface area contributed by atoms with Gasteiger partial charge in [-0.05, 0) is 36.8 Å². The maximum absolute atomic E-state index is 6.28. The van der Waals surface area contributed by atoms with Gasteiger partial charge in [-0.15, -0.1) is 10.2 Å². The molecule has 4 rings (SSSR count). The molecule has 0 aromatic carbocycles. The Balaban J connectivity index is 1.69. The van der Waals surface area contributed by atoms with Crippen molar-refractivity contribution in [2.24, 2.45) is 11.8 Å². The van der Waals surface area contributed by atoms with Gasteiger partial charge in [0.05, 0.1) is 13.7 Å². The highest BCUT2D eigenvalue weighted by Crippen LogP contribution is 2.37. The largest absolute Gasteiger partial charge is 0.492 e. The fourth-order valence-electron chi connectivity index (χ4n) is 3.72. The zero-order chi connectivity index (χ0) is 18.8. The minimum absolute atomic E-state index is 0.335. The molecule has 142 valence electrons. The number of nitrogen functional groups attached to an aromatic ring is 1. The van der Waals surface area contributed by atoms with Crippen LogP contribution in [0.15, 0.2) is 30.6 Å². The summed E-state index contributed by atoms with van der Waals surface area (Å²) in [5.41, 5.74) is 8.32. The van der Waals surface area contributed by atoms with E-state index in [0.29, 0.717) is 30.0 Å². The van der Waals surface area contributed by atoms with Crippen LogP contribution >= 0.6 is 0 Å². The number of nitrogens with two attached hydrogens (primary N) is 1. The lowest BCUT2D eigenvalue weighted by atomic mass is 9.83. The first-order valence-corrected chi connectivity index (χ1v) is 9.42. The number of fused-ring (bicyclic) bond motifs is 1. The van der Waals surface area contributed by atoms with Crippen LogP contribution in [0.5, 0.6) is 11.6 Å². The lowest BCUT2D eigenvalue weighted by Crippen LogP contribution is -2.19. The van der Waals surface area contributed by atoms with Gasteiger partial charge in [0.1, 0.15) is 5.75 Å². The fraction of sp³-hybridized carbons (Fsp3) is 0.450. The van der Waals surface area contributed by atoms with Gasteiger partial charge >= 0.3 is 0 Å². The predicted octanol–water partition coefficient (Wildman–Crippen LogP) is 3.59. The maximum Gasteiger partial charge on any atom is 0.226 e. The highest BCUT2D eigenvalue weighted by atomic mass is 16.5. The van der Waals surface area contributed by atoms with Crippen LogP contribution in [-0.4, -0.2) is 33.3 Å². The van der Waals surface area contributed by atoms with Crippen LogP contribution in [0.25, 0.3) is 16.8 Å². The molecule has 0 amide bonds. The van der Waals surface area contributed by atoms with Crippen molar-refractivity contribution in [1.29, 1.82) is 0 Å². The Labute approximate surface area is 158 Å². The number of hydrogen-bond donors (Lipinski definition) is 1. The average molecular weight is 367 g/mol. The van der Waals surface area contributed by atoms with Gasteiger partial charge in [0.2, 0.25) is 11.8 Å². The number of pyridine rings is 2. The average Bonchev–Trinajstić information content (AvgIpc) is 3.06. The molecule has 2 N–H and O–H groups in total. The van der Waals surface area contributed by atoms with Gasteiger partial charge in [0, 0.05) is 29.6 Å². The monoisotopic (exact) mass is 367 g/mol. The van der Waals surface area contributed by atoms with E-state index in [1.807, 2.05) is 24.4 Å². The molecular formula is C20H25N5O2. The third-order valence-electron chi connectivity index (χ3n) is 5.40. The second-order valence-corrected chi connectivity index (χ2v) is 7.33. The zero-order valence-corrected chi connectivity index (χ0v) is 15.8. The van der Waals surface area contributed by atoms with Crippen molar-refractivity contribution >= 4 is 11.6 Å². The van der Waals surface area contributed by atoms with Crippen molar-refractivity contribution < 1.29 is 9.47 Å². The van der Waals surface area contributed by atoms with Crippen LogP contribution in [-0.2, 0) is 0 Å². The van der Waals surface area contributed by atoms with E-state index in [1.165, 1.54) is 25.7 Å². The summed E-state index contributed by atoms with van der Waals surface area (Å²) in [6.45, 7) is 3.02. The quantitative estimate of drug-likeness (QED) is 0.741. The van der Waals surface area contributed by atoms with E-state index < -0.39 is 0 Å². The number of ether oxygens (including phenoxy) is 2. The Morgan fingerprint density at radius 3 is 2.78 bits per heavy atom. The first-order valence-electron chi connectivity index (χ1n) is 9.42. The van der Waals surface area contributed by atoms with Crippen molar-refractivity contribution in [3.63, 3.8) is 0 Å². The van der Waals surface area contributed by atoms with Crippen molar-refractivity contribution in [2.45, 2.75) is 32.6 Å². The van der Waals surface area contributed by atoms with Gasteiger partial charge < -0.3 is 15.2 Å². The number of anilines is 1. The van der Waals surface area contributed by atoms with Crippen LogP contribution in [0.3, 0.4) is 0 Å². The topological polar surface area (TPSA) is 87.6 Å². The van der Waals surface area contributed by atoms with Gasteiger partial charge in [0.15, 0.2) is 5.65 Å². The van der Waals surface area contributed by atoms with Gasteiger partial charge in [0.25, 0.3) is 0 Å². The number of nitrogens with zero attached hydrogens (tertiary/aromatic N) is 4. The Kier molecular flexibility index (Phi) is 4.83. The summed E-state index contributed by atoms with van der Waals surface area (Å²) in [5.74, 6) is 3.04. The van der Waals surface area contributed by atoms with Crippen LogP contribution in [0, 0.1) is 11.8 Å². The molecule has 1 aliphatic carbocycles. The van der Waals surface area contributed by atoms with Gasteiger partial charge in [-0.25, -0.2) is 4.98 Å². The molecule has 0 bridgehead atoms. The Bertz CT molecular complexity index is 931. The number of methoxy groups -OCH3 is 1. The molecule has 0 saturated heterocycles. The second kappa shape index (κ2) is 7.42. The molecule has 0 radical (unpaired) electrons. The van der Waals surface area contributed by atoms with Crippen molar-refractivity contribution in [2.75, 3.05) is 19.5 Å². The molecule has 3 aromatic heterocycles. The van der Waals surface area contributed by atoms with E-state index >= 15 is 0 Å². The van der Waals surface area contributed by atoms with Crippen molar-refractivity contribution in [3.8, 4) is 22.8 Å². The summed E-state index contributed by atoms with van der Waals surface area (Å²) < 4.78 is 13.5. The molecule has 7 heteroatoms. The molecule has 0 spiro atoms. The number of aromatic nitrogens is 4. The van der Waals surface area contributed by atoms with E-state index in [-0.39, 0.29) is 0 Å². The fourth-order valence-corrected chi connectivity index (χ4v) is 3.72. The smallest absolute Gasteiger partial charge is 0.226 e. The standard InChI is InChI=1S/C20H25N5O2/c1-13-5-7-14(8-6-13)12-27-17-10-18-23-24-20(21)25(18)11-16(17)15-4-3-9-22-19(15)26-2/h3-4,9-11,13-14H,5-8,12H2,1-2H3,(H2,21,24). The zero-order valence-electron chi connectivity index (χ0n) is 15.8. The number of hydrogen-bond acceptors (Lipinski definition) is 6. The summed E-state index contributed by atoms with van der Waals surface area (Å²) in [5, 5.41) is 8.08. The molecule has 0 aliphatic heterocycles. The first-order chi connectivity index (χ1) is 13.2. The van der Waals surface area contributed by atoms with Gasteiger partial charge in [-0.1, -0.05) is 19.8 Å². The third kappa shape index (κ3) is 3.54. The van der Waals surface area contributed by atoms with Crippen LogP contribution < -0.4 is 15.2 Å². The van der Waals surface area contributed by atoms with E-state index in [9.17, 15) is 0 Å². The van der Waals surface area contributed by atoms with E-state index in [0.717, 1.165) is 22.8 Å². The first kappa shape index (κ1) is 17.6. The van der Waals surface area contributed by atoms with E-state index in [2.05, 4.69) is 22.1 Å². The Hall–Kier alpha value is -2.83. The Morgan fingerprint density at radius 1 is 1.19 bits per heavy atom. The van der Waals surface area contributed by atoms with Crippen molar-refractivity contribution in [1.82, 2.24) is 19.6 Å². The Morgan fingerprint density at radius 2 is 2.00 bits per heavy atom. The SMILES string of the molecule is COc1ncccc1-c1cn2c(N)nnc2cc1OCC1CCC(C)CC1. The number of rotatable bonds is 5. The lowest BCUT2D eigenvalue weighted by molar-refractivity contribution is 0.188. The predicted molar refractivity (Wildman–Crippen MR) is 104 cm³/mol. The molecule has 3 heterocycles. The molecule has 7 nitrogen and oxygen atoms in total. The lowest BCUT2D eigenvalue weighted by Gasteiger charge is -2.26. The summed E-state index contributed by atoms with van der Waals surface area (Å²) in [7, 11) is 1.61. The maximum atomic E-state index is 6.28. The molecule has 27 heavy (non-hydrogen) atoms. The summed E-state index contributed by atoms with van der Waals surface area (Å²) in [6, 6.07) is 5.73. The van der Waals surface area contributed by atoms with E-state index in [1.54, 1.807) is 17.7 Å². The molecule has 1 aliphatic rings. The minimum atomic E-state index is 0.335.